The van der Waals surface area contributed by atoms with Gasteiger partial charge in [-0.1, -0.05) is 0 Å². The number of hydrogen-bond donors (Lipinski definition) is 2. The summed E-state index contributed by atoms with van der Waals surface area (Å²) in [7, 11) is 0. The van der Waals surface area contributed by atoms with Crippen molar-refractivity contribution in [1.82, 2.24) is 14.8 Å². The number of ether oxygens (including phenoxy) is 1. The van der Waals surface area contributed by atoms with E-state index in [1.165, 1.54) is 12.1 Å². The van der Waals surface area contributed by atoms with Gasteiger partial charge in [-0.2, -0.15) is 5.10 Å². The first-order valence-corrected chi connectivity index (χ1v) is 9.68. The molecule has 3 heterocycles. The van der Waals surface area contributed by atoms with Gasteiger partial charge < -0.3 is 16.2 Å². The van der Waals surface area contributed by atoms with Crippen molar-refractivity contribution in [2.45, 2.75) is 26.9 Å². The Morgan fingerprint density at radius 1 is 1.30 bits per heavy atom. The first kappa shape index (κ1) is 19.6. The van der Waals surface area contributed by atoms with Gasteiger partial charge in [0.2, 0.25) is 0 Å². The number of rotatable bonds is 1. The Hall–Kier alpha value is -3.68. The predicted octanol–water partition coefficient (Wildman–Crippen LogP) is 3.08. The van der Waals surface area contributed by atoms with Crippen LogP contribution < -0.4 is 16.2 Å². The molecule has 0 unspecified atom stereocenters. The van der Waals surface area contributed by atoms with E-state index >= 15 is 0 Å². The van der Waals surface area contributed by atoms with E-state index < -0.39 is 0 Å². The maximum Gasteiger partial charge on any atom is 0.166 e. The summed E-state index contributed by atoms with van der Waals surface area (Å²) in [4.78, 5) is 8.92. The normalized spacial score (nSPS) is 16.4. The zero-order valence-corrected chi connectivity index (χ0v) is 16.9. The quantitative estimate of drug-likeness (QED) is 0.646. The smallest absolute Gasteiger partial charge is 0.166 e. The fourth-order valence-corrected chi connectivity index (χ4v) is 3.57. The van der Waals surface area contributed by atoms with Crippen LogP contribution in [0.15, 0.2) is 53.3 Å². The van der Waals surface area contributed by atoms with Gasteiger partial charge >= 0.3 is 0 Å². The van der Waals surface area contributed by atoms with Gasteiger partial charge in [-0.3, -0.25) is 4.99 Å². The van der Waals surface area contributed by atoms with Gasteiger partial charge in [0.05, 0.1) is 17.1 Å². The van der Waals surface area contributed by atoms with Crippen molar-refractivity contribution in [2.75, 3.05) is 12.3 Å². The van der Waals surface area contributed by atoms with E-state index in [2.05, 4.69) is 15.1 Å². The fraction of sp³-hybridized carbons (Fsp3) is 0.227. The fourth-order valence-electron chi connectivity index (χ4n) is 3.57. The van der Waals surface area contributed by atoms with Crippen molar-refractivity contribution in [3.05, 3.63) is 76.6 Å². The molecule has 7 nitrogen and oxygen atoms in total. The average molecular weight is 406 g/mol. The second-order valence-corrected chi connectivity index (χ2v) is 7.05. The highest BCUT2D eigenvalue weighted by Crippen LogP contribution is 2.28. The molecule has 3 aromatic rings. The van der Waals surface area contributed by atoms with Crippen LogP contribution in [0.5, 0.6) is 5.75 Å². The Kier molecular flexibility index (Phi) is 5.22. The molecule has 0 radical (unpaired) electrons. The van der Waals surface area contributed by atoms with Crippen LogP contribution in [0, 0.1) is 12.7 Å². The Morgan fingerprint density at radius 3 is 2.90 bits per heavy atom. The molecule has 0 atom stereocenters. The van der Waals surface area contributed by atoms with Crippen molar-refractivity contribution in [2.24, 2.45) is 10.7 Å². The first-order chi connectivity index (χ1) is 14.5. The molecule has 1 aliphatic rings. The summed E-state index contributed by atoms with van der Waals surface area (Å²) in [5, 5.41) is 4.63. The Morgan fingerprint density at radius 2 is 2.13 bits per heavy atom. The van der Waals surface area contributed by atoms with Crippen LogP contribution in [-0.2, 0) is 13.0 Å². The summed E-state index contributed by atoms with van der Waals surface area (Å²) in [6.45, 7) is 4.56. The number of hydrogen-bond acceptors (Lipinski definition) is 6. The number of aliphatic imine (C=N–C) groups is 1. The van der Waals surface area contributed by atoms with Crippen LogP contribution in [0.2, 0.25) is 0 Å². The number of aryl methyl sites for hydroxylation is 1. The van der Waals surface area contributed by atoms with E-state index in [1.54, 1.807) is 29.2 Å². The Balaban J connectivity index is 1.96. The number of allylic oxidation sites excluding steroid dienone is 1. The summed E-state index contributed by atoms with van der Waals surface area (Å²) in [6.07, 6.45) is 3.70. The zero-order valence-electron chi connectivity index (χ0n) is 16.9. The lowest BCUT2D eigenvalue weighted by atomic mass is 9.99. The second-order valence-electron chi connectivity index (χ2n) is 7.05. The molecule has 0 spiro atoms. The number of nitrogen functional groups attached to an aromatic ring is 1. The van der Waals surface area contributed by atoms with Crippen molar-refractivity contribution in [3.8, 4) is 11.4 Å². The van der Waals surface area contributed by atoms with E-state index in [4.69, 9.17) is 16.2 Å². The molecule has 1 aromatic carbocycles. The second kappa shape index (κ2) is 7.98. The lowest BCUT2D eigenvalue weighted by molar-refractivity contribution is 0.305. The molecule has 0 saturated heterocycles. The summed E-state index contributed by atoms with van der Waals surface area (Å²) in [5.41, 5.74) is 17.5. The molecule has 0 amide bonds. The summed E-state index contributed by atoms with van der Waals surface area (Å²) in [6, 6.07) is 8.33. The Labute approximate surface area is 173 Å². The molecule has 8 heteroatoms. The van der Waals surface area contributed by atoms with Gasteiger partial charge in [0, 0.05) is 36.0 Å². The van der Waals surface area contributed by atoms with Crippen LogP contribution in [0.3, 0.4) is 0 Å². The van der Waals surface area contributed by atoms with Crippen molar-refractivity contribution < 1.29 is 9.13 Å². The molecule has 2 bridgehead atoms. The van der Waals surface area contributed by atoms with Crippen LogP contribution in [-0.4, -0.2) is 27.0 Å². The largest absolute Gasteiger partial charge is 0.485 e. The molecule has 154 valence electrons. The Bertz CT molecular complexity index is 1160. The summed E-state index contributed by atoms with van der Waals surface area (Å²) in [5.74, 6) is 0.300. The minimum atomic E-state index is -0.352. The number of nitrogens with two attached hydrogens (primary N) is 2. The highest BCUT2D eigenvalue weighted by Gasteiger charge is 2.20. The molecule has 0 fully saturated rings. The molecule has 0 aliphatic carbocycles. The predicted molar refractivity (Wildman–Crippen MR) is 114 cm³/mol. The topological polar surface area (TPSA) is 104 Å². The third-order valence-corrected chi connectivity index (χ3v) is 4.91. The third-order valence-electron chi connectivity index (χ3n) is 4.91. The SMILES string of the molecule is CCN=C1C(=CN)Cc2cc(C)nn2-c2ccc(F)cc2COc2cc1cnc2N. The van der Waals surface area contributed by atoms with Gasteiger partial charge in [-0.25, -0.2) is 14.1 Å². The van der Waals surface area contributed by atoms with Gasteiger partial charge in [0.15, 0.2) is 11.6 Å². The lowest BCUT2D eigenvalue weighted by Gasteiger charge is -2.18. The van der Waals surface area contributed by atoms with E-state index in [1.807, 2.05) is 19.9 Å². The van der Waals surface area contributed by atoms with Crippen LogP contribution in [0.4, 0.5) is 10.2 Å². The molecule has 2 aromatic heterocycles. The molecule has 0 saturated carbocycles. The highest BCUT2D eigenvalue weighted by molar-refractivity contribution is 6.13. The van der Waals surface area contributed by atoms with Gasteiger partial charge in [0.1, 0.15) is 12.4 Å². The lowest BCUT2D eigenvalue weighted by Crippen LogP contribution is -2.16. The van der Waals surface area contributed by atoms with E-state index in [9.17, 15) is 4.39 Å². The maximum atomic E-state index is 14.0. The monoisotopic (exact) mass is 406 g/mol. The number of benzene rings is 1. The first-order valence-electron chi connectivity index (χ1n) is 9.68. The molecular formula is C22H23FN6O. The minimum absolute atomic E-state index is 0.112. The maximum absolute atomic E-state index is 14.0. The number of fused-ring (bicyclic) bond motifs is 5. The average Bonchev–Trinajstić information content (AvgIpc) is 3.09. The minimum Gasteiger partial charge on any atom is -0.485 e. The number of aromatic nitrogens is 3. The van der Waals surface area contributed by atoms with E-state index in [-0.39, 0.29) is 18.2 Å². The van der Waals surface area contributed by atoms with Crippen LogP contribution in [0.25, 0.3) is 5.69 Å². The van der Waals surface area contributed by atoms with Crippen molar-refractivity contribution in [1.29, 1.82) is 0 Å². The van der Waals surface area contributed by atoms with Crippen molar-refractivity contribution >= 4 is 11.5 Å². The van der Waals surface area contributed by atoms with Crippen LogP contribution in [0.1, 0.15) is 29.4 Å². The van der Waals surface area contributed by atoms with Gasteiger partial charge in [-0.15, -0.1) is 0 Å². The molecule has 4 N–H and O–H groups in total. The molecule has 4 rings (SSSR count). The van der Waals surface area contributed by atoms with E-state index in [0.717, 1.165) is 33.9 Å². The van der Waals surface area contributed by atoms with E-state index in [0.29, 0.717) is 24.3 Å². The number of anilines is 1. The van der Waals surface area contributed by atoms with Crippen molar-refractivity contribution in [3.63, 3.8) is 0 Å². The van der Waals surface area contributed by atoms with Gasteiger partial charge in [-0.05, 0) is 56.0 Å². The molecule has 30 heavy (non-hydrogen) atoms. The van der Waals surface area contributed by atoms with Gasteiger partial charge in [0.25, 0.3) is 0 Å². The number of halogens is 1. The summed E-state index contributed by atoms with van der Waals surface area (Å²) >= 11 is 0. The standard InChI is InChI=1S/C22H23FN6O/c1-3-26-21-14(10-24)8-18-6-13(2)28-29(18)19-5-4-17(23)7-16(19)12-30-20-9-15(21)11-27-22(20)25/h4-7,9-11H,3,8,12,24H2,1-2H3,(H2,25,27). The highest BCUT2D eigenvalue weighted by atomic mass is 19.1. The third kappa shape index (κ3) is 3.63. The number of pyridine rings is 1. The molecule has 1 aliphatic heterocycles. The number of nitrogens with zero attached hydrogens (tertiary/aromatic N) is 4. The molecular weight excluding hydrogens is 383 g/mol. The summed E-state index contributed by atoms with van der Waals surface area (Å²) < 4.78 is 21.8. The zero-order chi connectivity index (χ0) is 21.3. The van der Waals surface area contributed by atoms with Crippen LogP contribution >= 0.6 is 0 Å².